The molecule has 116 valence electrons. The Balaban J connectivity index is 1.69. The van der Waals surface area contributed by atoms with Crippen molar-refractivity contribution in [1.82, 2.24) is 10.6 Å². The molecule has 0 radical (unpaired) electrons. The van der Waals surface area contributed by atoms with Crippen LogP contribution in [0.4, 0.5) is 0 Å². The van der Waals surface area contributed by atoms with E-state index in [0.29, 0.717) is 23.1 Å². The maximum Gasteiger partial charge on any atom is 0.287 e. The van der Waals surface area contributed by atoms with E-state index in [1.165, 1.54) is 6.26 Å². The fraction of sp³-hybridized carbons (Fsp3) is 0.200. The molecule has 0 saturated heterocycles. The van der Waals surface area contributed by atoms with Crippen molar-refractivity contribution in [3.63, 3.8) is 0 Å². The lowest BCUT2D eigenvalue weighted by molar-refractivity contribution is -0.120. The highest BCUT2D eigenvalue weighted by atomic mass is 35.5. The highest BCUT2D eigenvalue weighted by Gasteiger charge is 2.08. The van der Waals surface area contributed by atoms with Crippen LogP contribution in [0, 0.1) is 0 Å². The number of benzene rings is 1. The van der Waals surface area contributed by atoms with Crippen molar-refractivity contribution < 1.29 is 14.0 Å². The van der Waals surface area contributed by atoms with Crippen molar-refractivity contribution in [2.75, 3.05) is 13.1 Å². The number of hydrogen-bond acceptors (Lipinski definition) is 3. The van der Waals surface area contributed by atoms with E-state index >= 15 is 0 Å². The van der Waals surface area contributed by atoms with Gasteiger partial charge in [0.1, 0.15) is 0 Å². The van der Waals surface area contributed by atoms with Gasteiger partial charge < -0.3 is 15.1 Å². The predicted octanol–water partition coefficient (Wildman–Crippen LogP) is 2.68. The van der Waals surface area contributed by atoms with Crippen molar-refractivity contribution in [3.05, 3.63) is 58.0 Å². The van der Waals surface area contributed by atoms with E-state index in [2.05, 4.69) is 10.6 Å². The molecule has 22 heavy (non-hydrogen) atoms. The summed E-state index contributed by atoms with van der Waals surface area (Å²) in [6.45, 7) is 0.638. The van der Waals surface area contributed by atoms with E-state index in [0.717, 1.165) is 5.56 Å². The zero-order valence-electron chi connectivity index (χ0n) is 11.6. The summed E-state index contributed by atoms with van der Waals surface area (Å²) < 4.78 is 4.95. The summed E-state index contributed by atoms with van der Waals surface area (Å²) in [6.07, 6.45) is 1.62. The quantitative estimate of drug-likeness (QED) is 0.794. The normalized spacial score (nSPS) is 10.3. The molecule has 5 nitrogen and oxygen atoms in total. The second-order valence-electron chi connectivity index (χ2n) is 4.51. The summed E-state index contributed by atoms with van der Waals surface area (Å²) >= 11 is 11.7. The Hall–Kier alpha value is -1.98. The molecule has 1 aromatic heterocycles. The molecule has 0 aliphatic rings. The average Bonchev–Trinajstić information content (AvgIpc) is 3.01. The minimum absolute atomic E-state index is 0.161. The van der Waals surface area contributed by atoms with E-state index < -0.39 is 0 Å². The number of hydrogen-bond donors (Lipinski definition) is 2. The maximum absolute atomic E-state index is 11.8. The van der Waals surface area contributed by atoms with Gasteiger partial charge in [0, 0.05) is 13.1 Å². The van der Waals surface area contributed by atoms with Crippen LogP contribution in [0.1, 0.15) is 16.1 Å². The molecular formula is C15H14Cl2N2O3. The van der Waals surface area contributed by atoms with Gasteiger partial charge in [0.15, 0.2) is 5.76 Å². The van der Waals surface area contributed by atoms with Gasteiger partial charge in [-0.15, -0.1) is 0 Å². The first kappa shape index (κ1) is 16.4. The van der Waals surface area contributed by atoms with Crippen LogP contribution in [0.5, 0.6) is 0 Å². The molecule has 2 rings (SSSR count). The van der Waals surface area contributed by atoms with E-state index in [4.69, 9.17) is 27.6 Å². The second kappa shape index (κ2) is 7.87. The van der Waals surface area contributed by atoms with Crippen LogP contribution < -0.4 is 10.6 Å². The highest BCUT2D eigenvalue weighted by Crippen LogP contribution is 2.22. The molecule has 1 heterocycles. The zero-order valence-corrected chi connectivity index (χ0v) is 13.1. The third-order valence-corrected chi connectivity index (χ3v) is 3.57. The standard InChI is InChI=1S/C15H14Cl2N2O3/c16-11-4-3-10(8-12(11)17)9-14(20)18-5-6-19-15(21)13-2-1-7-22-13/h1-4,7-8H,5-6,9H2,(H,18,20)(H,19,21). The molecule has 0 fully saturated rings. The first-order valence-corrected chi connectivity index (χ1v) is 7.34. The van der Waals surface area contributed by atoms with E-state index in [1.54, 1.807) is 30.3 Å². The summed E-state index contributed by atoms with van der Waals surface area (Å²) in [7, 11) is 0. The Morgan fingerprint density at radius 3 is 2.50 bits per heavy atom. The van der Waals surface area contributed by atoms with Gasteiger partial charge in [0.25, 0.3) is 5.91 Å². The Labute approximate surface area is 137 Å². The van der Waals surface area contributed by atoms with Crippen LogP contribution >= 0.6 is 23.2 Å². The van der Waals surface area contributed by atoms with Crippen molar-refractivity contribution in [1.29, 1.82) is 0 Å². The van der Waals surface area contributed by atoms with Crippen LogP contribution in [0.3, 0.4) is 0 Å². The molecule has 1 aromatic carbocycles. The second-order valence-corrected chi connectivity index (χ2v) is 5.32. The summed E-state index contributed by atoms with van der Waals surface area (Å²) in [6, 6.07) is 8.25. The molecule has 0 aliphatic carbocycles. The smallest absolute Gasteiger partial charge is 0.287 e. The van der Waals surface area contributed by atoms with Crippen molar-refractivity contribution in [3.8, 4) is 0 Å². The Morgan fingerprint density at radius 2 is 1.82 bits per heavy atom. The van der Waals surface area contributed by atoms with Crippen LogP contribution in [-0.4, -0.2) is 24.9 Å². The van der Waals surface area contributed by atoms with Crippen molar-refractivity contribution in [2.45, 2.75) is 6.42 Å². The van der Waals surface area contributed by atoms with Gasteiger partial charge in [-0.05, 0) is 29.8 Å². The summed E-state index contributed by atoms with van der Waals surface area (Å²) in [5.74, 6) is -0.239. The van der Waals surface area contributed by atoms with Crippen LogP contribution in [0.2, 0.25) is 10.0 Å². The van der Waals surface area contributed by atoms with Gasteiger partial charge in [-0.2, -0.15) is 0 Å². The van der Waals surface area contributed by atoms with Gasteiger partial charge in [0.2, 0.25) is 5.91 Å². The number of nitrogens with one attached hydrogen (secondary N) is 2. The fourth-order valence-corrected chi connectivity index (χ4v) is 2.09. The van der Waals surface area contributed by atoms with Gasteiger partial charge in [-0.1, -0.05) is 29.3 Å². The van der Waals surface area contributed by atoms with E-state index in [1.807, 2.05) is 0 Å². The molecule has 0 bridgehead atoms. The molecule has 0 saturated carbocycles. The highest BCUT2D eigenvalue weighted by molar-refractivity contribution is 6.42. The van der Waals surface area contributed by atoms with E-state index in [-0.39, 0.29) is 24.0 Å². The third kappa shape index (κ3) is 4.79. The molecule has 2 amide bonds. The van der Waals surface area contributed by atoms with Gasteiger partial charge >= 0.3 is 0 Å². The summed E-state index contributed by atoms with van der Waals surface area (Å²) in [5, 5.41) is 6.21. The summed E-state index contributed by atoms with van der Waals surface area (Å²) in [4.78, 5) is 23.3. The molecular weight excluding hydrogens is 327 g/mol. The molecule has 0 unspecified atom stereocenters. The number of furan rings is 1. The predicted molar refractivity (Wildman–Crippen MR) is 84.2 cm³/mol. The van der Waals surface area contributed by atoms with Gasteiger partial charge in [-0.25, -0.2) is 0 Å². The lowest BCUT2D eigenvalue weighted by atomic mass is 10.1. The van der Waals surface area contributed by atoms with Crippen molar-refractivity contribution >= 4 is 35.0 Å². The zero-order chi connectivity index (χ0) is 15.9. The molecule has 7 heteroatoms. The summed E-state index contributed by atoms with van der Waals surface area (Å²) in [5.41, 5.74) is 0.770. The lowest BCUT2D eigenvalue weighted by Gasteiger charge is -2.07. The minimum atomic E-state index is -0.316. The SMILES string of the molecule is O=C(Cc1ccc(Cl)c(Cl)c1)NCCNC(=O)c1ccco1. The number of rotatable bonds is 6. The average molecular weight is 341 g/mol. The lowest BCUT2D eigenvalue weighted by Crippen LogP contribution is -2.35. The topological polar surface area (TPSA) is 71.3 Å². The van der Waals surface area contributed by atoms with Gasteiger partial charge in [0.05, 0.1) is 22.7 Å². The number of amides is 2. The van der Waals surface area contributed by atoms with Crippen LogP contribution in [-0.2, 0) is 11.2 Å². The van der Waals surface area contributed by atoms with Crippen LogP contribution in [0.25, 0.3) is 0 Å². The Kier molecular flexibility index (Phi) is 5.86. The largest absolute Gasteiger partial charge is 0.459 e. The fourth-order valence-electron chi connectivity index (χ4n) is 1.77. The minimum Gasteiger partial charge on any atom is -0.459 e. The van der Waals surface area contributed by atoms with Gasteiger partial charge in [-0.3, -0.25) is 9.59 Å². The first-order valence-electron chi connectivity index (χ1n) is 6.58. The Bertz CT molecular complexity index is 657. The monoisotopic (exact) mass is 340 g/mol. The third-order valence-electron chi connectivity index (χ3n) is 2.83. The Morgan fingerprint density at radius 1 is 1.05 bits per heavy atom. The number of carbonyl (C=O) groups excluding carboxylic acids is 2. The molecule has 0 atom stereocenters. The van der Waals surface area contributed by atoms with Crippen molar-refractivity contribution in [2.24, 2.45) is 0 Å². The molecule has 2 aromatic rings. The number of halogens is 2. The van der Waals surface area contributed by atoms with Crippen LogP contribution in [0.15, 0.2) is 41.0 Å². The van der Waals surface area contributed by atoms with E-state index in [9.17, 15) is 9.59 Å². The first-order chi connectivity index (χ1) is 10.6. The maximum atomic E-state index is 11.8. The molecule has 2 N–H and O–H groups in total. The number of carbonyl (C=O) groups is 2. The molecule has 0 aliphatic heterocycles. The molecule has 0 spiro atoms.